The Labute approximate surface area is 144 Å². The van der Waals surface area contributed by atoms with Crippen LogP contribution >= 0.6 is 11.8 Å². The van der Waals surface area contributed by atoms with E-state index in [-0.39, 0.29) is 11.2 Å². The van der Waals surface area contributed by atoms with Gasteiger partial charge >= 0.3 is 0 Å². The van der Waals surface area contributed by atoms with Crippen molar-refractivity contribution in [2.75, 3.05) is 6.54 Å². The van der Waals surface area contributed by atoms with Gasteiger partial charge in [0.25, 0.3) is 0 Å². The van der Waals surface area contributed by atoms with Crippen LogP contribution in [0.15, 0.2) is 48.0 Å². The molecule has 3 aromatic rings. The number of aromatic nitrogens is 4. The molecule has 7 heteroatoms. The lowest BCUT2D eigenvalue weighted by Crippen LogP contribution is -2.31. The maximum absolute atomic E-state index is 12.2. The molecule has 2 aromatic heterocycles. The lowest BCUT2D eigenvalue weighted by atomic mass is 10.1. The standard InChI is InChI=1S/C17H19N5OS/c1-12(24-17-14-15(20-10-19-14)21-11-22-17)16(23)18-9-5-8-13-6-3-2-4-7-13/h2-4,6-7,10-12H,5,8-9H2,1H3,(H,18,23)(H,19,20,21,22). The number of carbonyl (C=O) groups is 1. The third kappa shape index (κ3) is 4.11. The van der Waals surface area contributed by atoms with Gasteiger partial charge in [-0.05, 0) is 25.3 Å². The molecular formula is C17H19N5OS. The number of hydrogen-bond acceptors (Lipinski definition) is 5. The average Bonchev–Trinajstić information content (AvgIpc) is 3.09. The molecule has 6 nitrogen and oxygen atoms in total. The zero-order valence-corrected chi connectivity index (χ0v) is 14.2. The zero-order chi connectivity index (χ0) is 16.8. The number of carbonyl (C=O) groups excluding carboxylic acids is 1. The molecule has 1 unspecified atom stereocenters. The molecule has 3 rings (SSSR count). The fourth-order valence-corrected chi connectivity index (χ4v) is 3.25. The Bertz CT molecular complexity index is 805. The van der Waals surface area contributed by atoms with E-state index >= 15 is 0 Å². The van der Waals surface area contributed by atoms with E-state index in [0.29, 0.717) is 12.2 Å². The Morgan fingerprint density at radius 3 is 2.92 bits per heavy atom. The number of aryl methyl sites for hydroxylation is 1. The van der Waals surface area contributed by atoms with E-state index in [1.165, 1.54) is 23.7 Å². The number of nitrogens with one attached hydrogen (secondary N) is 2. The van der Waals surface area contributed by atoms with Gasteiger partial charge in [-0.15, -0.1) is 0 Å². The monoisotopic (exact) mass is 341 g/mol. The highest BCUT2D eigenvalue weighted by Gasteiger charge is 2.17. The normalized spacial score (nSPS) is 12.2. The van der Waals surface area contributed by atoms with Gasteiger partial charge in [0.15, 0.2) is 5.65 Å². The van der Waals surface area contributed by atoms with Crippen LogP contribution in [-0.2, 0) is 11.2 Å². The molecule has 124 valence electrons. The Kier molecular flexibility index (Phi) is 5.43. The molecule has 0 bridgehead atoms. The summed E-state index contributed by atoms with van der Waals surface area (Å²) in [6.07, 6.45) is 4.93. The number of amides is 1. The third-order valence-corrected chi connectivity index (χ3v) is 4.73. The minimum Gasteiger partial charge on any atom is -0.355 e. The van der Waals surface area contributed by atoms with E-state index in [9.17, 15) is 4.79 Å². The summed E-state index contributed by atoms with van der Waals surface area (Å²) in [6.45, 7) is 2.55. The molecule has 1 atom stereocenters. The summed E-state index contributed by atoms with van der Waals surface area (Å²) in [4.78, 5) is 27.7. The lowest BCUT2D eigenvalue weighted by molar-refractivity contribution is -0.120. The zero-order valence-electron chi connectivity index (χ0n) is 13.4. The number of thioether (sulfide) groups is 1. The second-order valence-electron chi connectivity index (χ2n) is 5.42. The Balaban J connectivity index is 1.47. The second-order valence-corrected chi connectivity index (χ2v) is 6.75. The van der Waals surface area contributed by atoms with Crippen molar-refractivity contribution in [1.82, 2.24) is 25.3 Å². The molecular weight excluding hydrogens is 322 g/mol. The molecule has 1 aromatic carbocycles. The lowest BCUT2D eigenvalue weighted by Gasteiger charge is -2.11. The van der Waals surface area contributed by atoms with Crippen molar-refractivity contribution >= 4 is 28.8 Å². The molecule has 24 heavy (non-hydrogen) atoms. The van der Waals surface area contributed by atoms with Crippen molar-refractivity contribution in [3.63, 3.8) is 0 Å². The first-order chi connectivity index (χ1) is 11.7. The van der Waals surface area contributed by atoms with Crippen LogP contribution in [0.4, 0.5) is 0 Å². The van der Waals surface area contributed by atoms with Crippen LogP contribution in [0, 0.1) is 0 Å². The Hall–Kier alpha value is -2.41. The average molecular weight is 341 g/mol. The van der Waals surface area contributed by atoms with Gasteiger partial charge in [-0.25, -0.2) is 15.0 Å². The van der Waals surface area contributed by atoms with Crippen molar-refractivity contribution in [3.05, 3.63) is 48.5 Å². The minimum atomic E-state index is -0.233. The van der Waals surface area contributed by atoms with Crippen molar-refractivity contribution in [3.8, 4) is 0 Å². The van der Waals surface area contributed by atoms with Crippen molar-refractivity contribution in [1.29, 1.82) is 0 Å². The number of benzene rings is 1. The van der Waals surface area contributed by atoms with Crippen LogP contribution in [0.5, 0.6) is 0 Å². The molecule has 0 saturated heterocycles. The number of nitrogens with zero attached hydrogens (tertiary/aromatic N) is 3. The van der Waals surface area contributed by atoms with Crippen LogP contribution in [-0.4, -0.2) is 37.6 Å². The molecule has 0 spiro atoms. The Morgan fingerprint density at radius 1 is 1.25 bits per heavy atom. The SMILES string of the molecule is CC(Sc1ncnc2nc[nH]c12)C(=O)NCCCc1ccccc1. The summed E-state index contributed by atoms with van der Waals surface area (Å²) in [6, 6.07) is 10.3. The fraction of sp³-hybridized carbons (Fsp3) is 0.294. The molecule has 1 amide bonds. The van der Waals surface area contributed by atoms with E-state index in [1.807, 2.05) is 25.1 Å². The third-order valence-electron chi connectivity index (χ3n) is 3.63. The maximum atomic E-state index is 12.2. The van der Waals surface area contributed by atoms with E-state index in [2.05, 4.69) is 37.4 Å². The Morgan fingerprint density at radius 2 is 2.08 bits per heavy atom. The van der Waals surface area contributed by atoms with E-state index < -0.39 is 0 Å². The highest BCUT2D eigenvalue weighted by Crippen LogP contribution is 2.25. The topological polar surface area (TPSA) is 83.6 Å². The summed E-state index contributed by atoms with van der Waals surface area (Å²) in [5.41, 5.74) is 2.67. The number of hydrogen-bond donors (Lipinski definition) is 2. The smallest absolute Gasteiger partial charge is 0.233 e. The molecule has 2 N–H and O–H groups in total. The van der Waals surface area contributed by atoms with Crippen LogP contribution in [0.3, 0.4) is 0 Å². The number of rotatable bonds is 7. The molecule has 2 heterocycles. The summed E-state index contributed by atoms with van der Waals surface area (Å²) >= 11 is 1.41. The minimum absolute atomic E-state index is 0.0133. The summed E-state index contributed by atoms with van der Waals surface area (Å²) < 4.78 is 0. The molecule has 0 fully saturated rings. The van der Waals surface area contributed by atoms with Gasteiger partial charge < -0.3 is 10.3 Å². The summed E-state index contributed by atoms with van der Waals surface area (Å²) in [7, 11) is 0. The molecule has 0 radical (unpaired) electrons. The maximum Gasteiger partial charge on any atom is 0.233 e. The predicted molar refractivity (Wildman–Crippen MR) is 94.8 cm³/mol. The molecule has 0 aliphatic heterocycles. The second kappa shape index (κ2) is 7.92. The van der Waals surface area contributed by atoms with Crippen LogP contribution < -0.4 is 5.32 Å². The first-order valence-electron chi connectivity index (χ1n) is 7.86. The van der Waals surface area contributed by atoms with Gasteiger partial charge in [0.2, 0.25) is 5.91 Å². The number of aromatic amines is 1. The van der Waals surface area contributed by atoms with Crippen molar-refractivity contribution in [2.45, 2.75) is 30.0 Å². The van der Waals surface area contributed by atoms with Gasteiger partial charge in [-0.3, -0.25) is 4.79 Å². The van der Waals surface area contributed by atoms with E-state index in [0.717, 1.165) is 23.4 Å². The van der Waals surface area contributed by atoms with Gasteiger partial charge in [0.1, 0.15) is 16.9 Å². The first-order valence-corrected chi connectivity index (χ1v) is 8.74. The fourth-order valence-electron chi connectivity index (χ4n) is 2.35. The first kappa shape index (κ1) is 16.4. The summed E-state index contributed by atoms with van der Waals surface area (Å²) in [5, 5.41) is 3.49. The number of imidazole rings is 1. The largest absolute Gasteiger partial charge is 0.355 e. The van der Waals surface area contributed by atoms with Gasteiger partial charge in [-0.2, -0.15) is 0 Å². The highest BCUT2D eigenvalue weighted by molar-refractivity contribution is 8.00. The van der Waals surface area contributed by atoms with Crippen LogP contribution in [0.2, 0.25) is 0 Å². The molecule has 0 aliphatic rings. The molecule has 0 saturated carbocycles. The number of H-pyrrole nitrogens is 1. The molecule has 0 aliphatic carbocycles. The van der Waals surface area contributed by atoms with Gasteiger partial charge in [0.05, 0.1) is 11.6 Å². The quantitative estimate of drug-likeness (QED) is 0.392. The van der Waals surface area contributed by atoms with Crippen LogP contribution in [0.1, 0.15) is 18.9 Å². The number of fused-ring (bicyclic) bond motifs is 1. The van der Waals surface area contributed by atoms with E-state index in [4.69, 9.17) is 0 Å². The van der Waals surface area contributed by atoms with Gasteiger partial charge in [-0.1, -0.05) is 42.1 Å². The predicted octanol–water partition coefficient (Wildman–Crippen LogP) is 2.58. The van der Waals surface area contributed by atoms with E-state index in [1.54, 1.807) is 6.33 Å². The van der Waals surface area contributed by atoms with Crippen molar-refractivity contribution < 1.29 is 4.79 Å². The highest BCUT2D eigenvalue weighted by atomic mass is 32.2. The van der Waals surface area contributed by atoms with Gasteiger partial charge in [0, 0.05) is 6.54 Å². The van der Waals surface area contributed by atoms with Crippen LogP contribution in [0.25, 0.3) is 11.2 Å². The van der Waals surface area contributed by atoms with Crippen molar-refractivity contribution in [2.24, 2.45) is 0 Å². The summed E-state index contributed by atoms with van der Waals surface area (Å²) in [5.74, 6) is 0.0133.